The van der Waals surface area contributed by atoms with Crippen molar-refractivity contribution < 1.29 is 5.11 Å². The summed E-state index contributed by atoms with van der Waals surface area (Å²) in [5, 5.41) is 14.5. The zero-order chi connectivity index (χ0) is 16.8. The molecule has 118 valence electrons. The van der Waals surface area contributed by atoms with Gasteiger partial charge < -0.3 is 5.11 Å². The molecule has 0 saturated carbocycles. The van der Waals surface area contributed by atoms with E-state index in [-0.39, 0.29) is 21.2 Å². The highest BCUT2D eigenvalue weighted by Crippen LogP contribution is 2.45. The van der Waals surface area contributed by atoms with Gasteiger partial charge >= 0.3 is 0 Å². The summed E-state index contributed by atoms with van der Waals surface area (Å²) in [6.45, 7) is 0. The van der Waals surface area contributed by atoms with E-state index in [1.807, 2.05) is 48.5 Å². The van der Waals surface area contributed by atoms with Crippen molar-refractivity contribution in [2.75, 3.05) is 0 Å². The highest BCUT2D eigenvalue weighted by molar-refractivity contribution is 6.43. The maximum absolute atomic E-state index is 10.9. The van der Waals surface area contributed by atoms with Crippen LogP contribution in [0.1, 0.15) is 0 Å². The first-order chi connectivity index (χ1) is 11.6. The van der Waals surface area contributed by atoms with Gasteiger partial charge in [-0.3, -0.25) is 0 Å². The lowest BCUT2D eigenvalue weighted by Crippen LogP contribution is -1.94. The minimum Gasteiger partial charge on any atom is -0.507 e. The summed E-state index contributed by atoms with van der Waals surface area (Å²) in [6, 6.07) is 15.3. The number of aromatic hydroxyl groups is 1. The predicted octanol–water partition coefficient (Wildman–Crippen LogP) is 6.12. The molecule has 0 bridgehead atoms. The van der Waals surface area contributed by atoms with Crippen LogP contribution in [-0.4, -0.2) is 15.1 Å². The number of nitrogens with zero attached hydrogens (tertiary/aromatic N) is 2. The molecule has 1 heterocycles. The van der Waals surface area contributed by atoms with Gasteiger partial charge in [-0.05, 0) is 27.8 Å². The Morgan fingerprint density at radius 3 is 1.92 bits per heavy atom. The van der Waals surface area contributed by atoms with E-state index in [9.17, 15) is 5.11 Å². The lowest BCUT2D eigenvalue weighted by Gasteiger charge is -2.14. The van der Waals surface area contributed by atoms with E-state index >= 15 is 0 Å². The number of halogens is 3. The smallest absolute Gasteiger partial charge is 0.224 e. The van der Waals surface area contributed by atoms with Crippen LogP contribution in [-0.2, 0) is 0 Å². The maximum atomic E-state index is 10.9. The Morgan fingerprint density at radius 2 is 1.25 bits per heavy atom. The molecule has 6 heteroatoms. The third-order valence-corrected chi connectivity index (χ3v) is 4.82. The Labute approximate surface area is 152 Å². The fourth-order valence-electron chi connectivity index (χ4n) is 2.92. The molecule has 0 aliphatic carbocycles. The summed E-state index contributed by atoms with van der Waals surface area (Å²) in [6.07, 6.45) is 0. The normalized spacial score (nSPS) is 11.3. The second kappa shape index (κ2) is 5.78. The SMILES string of the molecule is Oc1c(-c2nc(Cl)nc(Cl)c2Cl)c2ccccc2c2ccccc12. The molecular weight excluding hydrogens is 367 g/mol. The topological polar surface area (TPSA) is 46.0 Å². The van der Waals surface area contributed by atoms with Crippen LogP contribution in [0, 0.1) is 0 Å². The quantitative estimate of drug-likeness (QED) is 0.248. The molecule has 3 aromatic carbocycles. The largest absolute Gasteiger partial charge is 0.507 e. The van der Waals surface area contributed by atoms with Crippen LogP contribution in [0.4, 0.5) is 0 Å². The summed E-state index contributed by atoms with van der Waals surface area (Å²) in [7, 11) is 0. The van der Waals surface area contributed by atoms with Crippen LogP contribution in [0.15, 0.2) is 48.5 Å². The highest BCUT2D eigenvalue weighted by atomic mass is 35.5. The van der Waals surface area contributed by atoms with Crippen molar-refractivity contribution in [3.8, 4) is 17.0 Å². The molecule has 1 N–H and O–H groups in total. The Balaban J connectivity index is 2.25. The van der Waals surface area contributed by atoms with Gasteiger partial charge in [0.25, 0.3) is 0 Å². The number of rotatable bonds is 1. The molecule has 0 aliphatic heterocycles. The molecule has 4 aromatic rings. The van der Waals surface area contributed by atoms with Crippen LogP contribution in [0.2, 0.25) is 15.5 Å². The Kier molecular flexibility index (Phi) is 3.72. The second-order valence-corrected chi connectivity index (χ2v) is 6.33. The van der Waals surface area contributed by atoms with Crippen molar-refractivity contribution in [3.05, 3.63) is 64.0 Å². The van der Waals surface area contributed by atoms with Crippen molar-refractivity contribution in [1.82, 2.24) is 9.97 Å². The molecular formula is C18H9Cl3N2O. The average Bonchev–Trinajstić information content (AvgIpc) is 2.59. The number of aromatic nitrogens is 2. The van der Waals surface area contributed by atoms with Crippen molar-refractivity contribution >= 4 is 56.3 Å². The molecule has 0 saturated heterocycles. The number of benzene rings is 3. The third-order valence-electron chi connectivity index (χ3n) is 3.93. The van der Waals surface area contributed by atoms with E-state index in [0.717, 1.165) is 16.2 Å². The van der Waals surface area contributed by atoms with Crippen LogP contribution in [0.5, 0.6) is 5.75 Å². The zero-order valence-corrected chi connectivity index (χ0v) is 14.4. The van der Waals surface area contributed by atoms with Crippen LogP contribution < -0.4 is 0 Å². The Hall–Kier alpha value is -2.07. The van der Waals surface area contributed by atoms with Gasteiger partial charge in [-0.25, -0.2) is 9.97 Å². The highest BCUT2D eigenvalue weighted by Gasteiger charge is 2.20. The first-order valence-corrected chi connectivity index (χ1v) is 8.22. The number of hydrogen-bond acceptors (Lipinski definition) is 3. The van der Waals surface area contributed by atoms with Crippen molar-refractivity contribution in [1.29, 1.82) is 0 Å². The van der Waals surface area contributed by atoms with Crippen LogP contribution in [0.3, 0.4) is 0 Å². The van der Waals surface area contributed by atoms with E-state index in [1.54, 1.807) is 0 Å². The summed E-state index contributed by atoms with van der Waals surface area (Å²) in [5.74, 6) is 0.0806. The minimum atomic E-state index is -0.0314. The van der Waals surface area contributed by atoms with Crippen molar-refractivity contribution in [2.45, 2.75) is 0 Å². The summed E-state index contributed by atoms with van der Waals surface area (Å²) in [4.78, 5) is 8.04. The van der Waals surface area contributed by atoms with Gasteiger partial charge in [0.15, 0.2) is 5.15 Å². The van der Waals surface area contributed by atoms with Gasteiger partial charge in [-0.1, -0.05) is 71.7 Å². The lowest BCUT2D eigenvalue weighted by molar-refractivity contribution is 0.484. The van der Waals surface area contributed by atoms with Gasteiger partial charge in [-0.2, -0.15) is 0 Å². The predicted molar refractivity (Wildman–Crippen MR) is 99.2 cm³/mol. The van der Waals surface area contributed by atoms with Crippen molar-refractivity contribution in [3.63, 3.8) is 0 Å². The van der Waals surface area contributed by atoms with Crippen molar-refractivity contribution in [2.24, 2.45) is 0 Å². The number of hydrogen-bond donors (Lipinski definition) is 1. The summed E-state index contributed by atoms with van der Waals surface area (Å²) in [5.41, 5.74) is 0.793. The van der Waals surface area contributed by atoms with Gasteiger partial charge in [0.2, 0.25) is 5.28 Å². The molecule has 0 fully saturated rings. The number of phenols is 1. The molecule has 0 amide bonds. The lowest BCUT2D eigenvalue weighted by atomic mass is 9.94. The molecule has 3 nitrogen and oxygen atoms in total. The van der Waals surface area contributed by atoms with Gasteiger partial charge in [0.1, 0.15) is 10.8 Å². The maximum Gasteiger partial charge on any atom is 0.224 e. The Bertz CT molecular complexity index is 1110. The Morgan fingerprint density at radius 1 is 0.708 bits per heavy atom. The fraction of sp³-hybridized carbons (Fsp3) is 0. The molecule has 24 heavy (non-hydrogen) atoms. The zero-order valence-electron chi connectivity index (χ0n) is 12.1. The number of fused-ring (bicyclic) bond motifs is 3. The molecule has 0 aliphatic rings. The number of phenolic OH excluding ortho intramolecular Hbond substituents is 1. The van der Waals surface area contributed by atoms with E-state index in [2.05, 4.69) is 9.97 Å². The average molecular weight is 376 g/mol. The van der Waals surface area contributed by atoms with E-state index in [0.29, 0.717) is 16.6 Å². The van der Waals surface area contributed by atoms with E-state index in [4.69, 9.17) is 34.8 Å². The molecule has 1 aromatic heterocycles. The summed E-state index contributed by atoms with van der Waals surface area (Å²) < 4.78 is 0. The van der Waals surface area contributed by atoms with Crippen LogP contribution >= 0.6 is 34.8 Å². The minimum absolute atomic E-state index is 0.0314. The summed E-state index contributed by atoms with van der Waals surface area (Å²) >= 11 is 18.3. The molecule has 4 rings (SSSR count). The first-order valence-electron chi connectivity index (χ1n) is 7.09. The third kappa shape index (κ3) is 2.28. The second-order valence-electron chi connectivity index (χ2n) is 5.26. The molecule has 0 unspecified atom stereocenters. The molecule has 0 spiro atoms. The fourth-order valence-corrected chi connectivity index (χ4v) is 3.48. The van der Waals surface area contributed by atoms with E-state index < -0.39 is 0 Å². The molecule has 0 radical (unpaired) electrons. The standard InChI is InChI=1S/C18H9Cl3N2O/c19-14-15(22-18(21)23-17(14)20)13-11-7-3-1-5-9(11)10-6-2-4-8-12(10)16(13)24/h1-8,24H. The van der Waals surface area contributed by atoms with Gasteiger partial charge in [0.05, 0.1) is 11.3 Å². The van der Waals surface area contributed by atoms with E-state index in [1.165, 1.54) is 0 Å². The monoisotopic (exact) mass is 374 g/mol. The molecule has 0 atom stereocenters. The van der Waals surface area contributed by atoms with Crippen LogP contribution in [0.25, 0.3) is 32.8 Å². The first kappa shape index (κ1) is 15.5. The van der Waals surface area contributed by atoms with Gasteiger partial charge in [0, 0.05) is 5.39 Å². The van der Waals surface area contributed by atoms with Gasteiger partial charge in [-0.15, -0.1) is 0 Å².